The molecule has 1 aromatic heterocycles. The number of carbonyl (C=O) groups is 1. The monoisotopic (exact) mass is 276 g/mol. The number of ketones is 1. The summed E-state index contributed by atoms with van der Waals surface area (Å²) >= 11 is 5.97. The molecular weight excluding hydrogens is 264 g/mol. The maximum absolute atomic E-state index is 12.2. The largest absolute Gasteiger partial charge is 0.292 e. The predicted octanol–water partition coefficient (Wildman–Crippen LogP) is 2.40. The lowest BCUT2D eigenvalue weighted by Crippen LogP contribution is -2.27. The van der Waals surface area contributed by atoms with Crippen molar-refractivity contribution in [1.29, 1.82) is 0 Å². The third-order valence-electron chi connectivity index (χ3n) is 2.80. The summed E-state index contributed by atoms with van der Waals surface area (Å²) in [6.45, 7) is 3.39. The number of Topliss-reactive ketones (excluding diaryl/α,β-unsaturated/α-hetero) is 1. The lowest BCUT2D eigenvalue weighted by Gasteiger charge is -2.09. The van der Waals surface area contributed by atoms with Crippen LogP contribution in [0.3, 0.4) is 0 Å². The van der Waals surface area contributed by atoms with E-state index in [1.54, 1.807) is 38.1 Å². The molecule has 0 aliphatic carbocycles. The fraction of sp³-hybridized carbons (Fsp3) is 0.214. The second kappa shape index (κ2) is 5.36. The van der Waals surface area contributed by atoms with Crippen LogP contribution in [0.2, 0.25) is 5.02 Å². The minimum Gasteiger partial charge on any atom is -0.292 e. The summed E-state index contributed by atoms with van der Waals surface area (Å²) in [5, 5.41) is 0.387. The quantitative estimate of drug-likeness (QED) is 0.809. The van der Waals surface area contributed by atoms with Gasteiger partial charge in [0.1, 0.15) is 5.82 Å². The zero-order valence-corrected chi connectivity index (χ0v) is 11.4. The van der Waals surface area contributed by atoms with Gasteiger partial charge in [0, 0.05) is 17.3 Å². The number of benzene rings is 1. The van der Waals surface area contributed by atoms with Gasteiger partial charge in [-0.3, -0.25) is 14.2 Å². The van der Waals surface area contributed by atoms with Gasteiger partial charge in [-0.1, -0.05) is 23.7 Å². The minimum absolute atomic E-state index is 0.0539. The third kappa shape index (κ3) is 2.90. The van der Waals surface area contributed by atoms with E-state index in [0.717, 1.165) is 0 Å². The molecule has 0 radical (unpaired) electrons. The van der Waals surface area contributed by atoms with Crippen molar-refractivity contribution in [2.75, 3.05) is 0 Å². The Hall–Kier alpha value is -1.94. The maximum atomic E-state index is 12.2. The number of hydrogen-bond acceptors (Lipinski definition) is 3. The molecule has 0 saturated carbocycles. The number of nitrogens with zero attached hydrogens (tertiary/aromatic N) is 2. The topological polar surface area (TPSA) is 52.0 Å². The Morgan fingerprint density at radius 1 is 1.32 bits per heavy atom. The van der Waals surface area contributed by atoms with Crippen molar-refractivity contribution in [3.05, 3.63) is 62.8 Å². The van der Waals surface area contributed by atoms with Crippen LogP contribution >= 0.6 is 11.6 Å². The highest BCUT2D eigenvalue weighted by Gasteiger charge is 2.13. The highest BCUT2D eigenvalue weighted by molar-refractivity contribution is 6.33. The van der Waals surface area contributed by atoms with E-state index in [2.05, 4.69) is 4.98 Å². The van der Waals surface area contributed by atoms with Crippen LogP contribution in [-0.2, 0) is 6.54 Å². The molecule has 0 aliphatic rings. The summed E-state index contributed by atoms with van der Waals surface area (Å²) in [5.74, 6) is 0.312. The molecule has 0 N–H and O–H groups in total. The molecule has 0 unspecified atom stereocenters. The SMILES string of the molecule is Cc1cc(=O)n(CC(=O)c2ccccc2Cl)c(C)n1. The molecule has 0 atom stereocenters. The van der Waals surface area contributed by atoms with E-state index >= 15 is 0 Å². The van der Waals surface area contributed by atoms with Gasteiger partial charge in [0.25, 0.3) is 5.56 Å². The Balaban J connectivity index is 2.35. The molecule has 0 fully saturated rings. The zero-order valence-electron chi connectivity index (χ0n) is 10.7. The predicted molar refractivity (Wildman–Crippen MR) is 73.8 cm³/mol. The van der Waals surface area contributed by atoms with Gasteiger partial charge < -0.3 is 0 Å². The summed E-state index contributed by atoms with van der Waals surface area (Å²) in [4.78, 5) is 28.2. The van der Waals surface area contributed by atoms with Gasteiger partial charge in [0.15, 0.2) is 5.78 Å². The molecule has 0 amide bonds. The summed E-state index contributed by atoms with van der Waals surface area (Å²) in [7, 11) is 0. The molecule has 2 aromatic rings. The van der Waals surface area contributed by atoms with Crippen molar-refractivity contribution >= 4 is 17.4 Å². The third-order valence-corrected chi connectivity index (χ3v) is 3.13. The van der Waals surface area contributed by atoms with Crippen molar-refractivity contribution in [2.45, 2.75) is 20.4 Å². The van der Waals surface area contributed by atoms with Crippen molar-refractivity contribution in [1.82, 2.24) is 9.55 Å². The molecule has 1 heterocycles. The molecule has 0 saturated heterocycles. The van der Waals surface area contributed by atoms with Gasteiger partial charge in [-0.25, -0.2) is 4.98 Å². The lowest BCUT2D eigenvalue weighted by atomic mass is 10.1. The fourth-order valence-electron chi connectivity index (χ4n) is 1.87. The molecule has 5 heteroatoms. The molecule has 1 aromatic carbocycles. The highest BCUT2D eigenvalue weighted by atomic mass is 35.5. The van der Waals surface area contributed by atoms with Gasteiger partial charge in [-0.2, -0.15) is 0 Å². The van der Waals surface area contributed by atoms with Crippen molar-refractivity contribution in [2.24, 2.45) is 0 Å². The number of aromatic nitrogens is 2. The second-order valence-corrected chi connectivity index (χ2v) is 4.68. The normalized spacial score (nSPS) is 10.5. The van der Waals surface area contributed by atoms with Crippen LogP contribution in [0.5, 0.6) is 0 Å². The van der Waals surface area contributed by atoms with Crippen LogP contribution in [0, 0.1) is 13.8 Å². The van der Waals surface area contributed by atoms with Crippen molar-refractivity contribution in [3.8, 4) is 0 Å². The lowest BCUT2D eigenvalue weighted by molar-refractivity contribution is 0.0969. The second-order valence-electron chi connectivity index (χ2n) is 4.27. The van der Waals surface area contributed by atoms with E-state index in [0.29, 0.717) is 22.1 Å². The molecule has 0 spiro atoms. The van der Waals surface area contributed by atoms with Gasteiger partial charge in [0.2, 0.25) is 0 Å². The number of hydrogen-bond donors (Lipinski definition) is 0. The zero-order chi connectivity index (χ0) is 14.0. The first kappa shape index (κ1) is 13.5. The van der Waals surface area contributed by atoms with E-state index in [1.165, 1.54) is 10.6 Å². The van der Waals surface area contributed by atoms with Crippen LogP contribution in [-0.4, -0.2) is 15.3 Å². The molecule has 98 valence electrons. The van der Waals surface area contributed by atoms with Crippen LogP contribution in [0.15, 0.2) is 35.1 Å². The average Bonchev–Trinajstić information content (AvgIpc) is 2.34. The van der Waals surface area contributed by atoms with Crippen LogP contribution in [0.4, 0.5) is 0 Å². The first-order valence-electron chi connectivity index (χ1n) is 5.82. The highest BCUT2D eigenvalue weighted by Crippen LogP contribution is 2.16. The van der Waals surface area contributed by atoms with Crippen molar-refractivity contribution in [3.63, 3.8) is 0 Å². The fourth-order valence-corrected chi connectivity index (χ4v) is 2.11. The maximum Gasteiger partial charge on any atom is 0.254 e. The molecule has 2 rings (SSSR count). The van der Waals surface area contributed by atoms with Gasteiger partial charge in [-0.15, -0.1) is 0 Å². The smallest absolute Gasteiger partial charge is 0.254 e. The Morgan fingerprint density at radius 3 is 2.63 bits per heavy atom. The van der Waals surface area contributed by atoms with Gasteiger partial charge in [-0.05, 0) is 26.0 Å². The average molecular weight is 277 g/mol. The Bertz CT molecular complexity index is 692. The van der Waals surface area contributed by atoms with Gasteiger partial charge >= 0.3 is 0 Å². The molecule has 0 bridgehead atoms. The molecular formula is C14H13ClN2O2. The molecule has 4 nitrogen and oxygen atoms in total. The Morgan fingerprint density at radius 2 is 2.00 bits per heavy atom. The number of carbonyl (C=O) groups excluding carboxylic acids is 1. The standard InChI is InChI=1S/C14H13ClN2O2/c1-9-7-14(19)17(10(2)16-9)8-13(18)11-5-3-4-6-12(11)15/h3-7H,8H2,1-2H3. The minimum atomic E-state index is -0.231. The van der Waals surface area contributed by atoms with Gasteiger partial charge in [0.05, 0.1) is 11.6 Å². The van der Waals surface area contributed by atoms with E-state index < -0.39 is 0 Å². The summed E-state index contributed by atoms with van der Waals surface area (Å²) in [6, 6.07) is 8.20. The van der Waals surface area contributed by atoms with Crippen LogP contribution in [0.25, 0.3) is 0 Å². The van der Waals surface area contributed by atoms with E-state index in [-0.39, 0.29) is 17.9 Å². The number of aryl methyl sites for hydroxylation is 2. The first-order chi connectivity index (χ1) is 8.99. The Labute approximate surface area is 115 Å². The summed E-state index contributed by atoms with van der Waals surface area (Å²) in [6.07, 6.45) is 0. The summed E-state index contributed by atoms with van der Waals surface area (Å²) < 4.78 is 1.35. The van der Waals surface area contributed by atoms with Crippen LogP contribution < -0.4 is 5.56 Å². The van der Waals surface area contributed by atoms with Crippen LogP contribution in [0.1, 0.15) is 21.9 Å². The van der Waals surface area contributed by atoms with E-state index in [9.17, 15) is 9.59 Å². The van der Waals surface area contributed by atoms with E-state index in [1.807, 2.05) is 0 Å². The number of rotatable bonds is 3. The Kier molecular flexibility index (Phi) is 3.81. The molecule has 0 aliphatic heterocycles. The number of halogens is 1. The van der Waals surface area contributed by atoms with E-state index in [4.69, 9.17) is 11.6 Å². The first-order valence-corrected chi connectivity index (χ1v) is 6.19. The summed E-state index contributed by atoms with van der Waals surface area (Å²) in [5.41, 5.74) is 0.824. The molecule has 19 heavy (non-hydrogen) atoms. The van der Waals surface area contributed by atoms with Crippen molar-refractivity contribution < 1.29 is 4.79 Å².